The molecule has 0 bridgehead atoms. The highest BCUT2D eigenvalue weighted by atomic mass is 19.4. The van der Waals surface area contributed by atoms with Crippen LogP contribution in [-0.2, 0) is 23.1 Å². The summed E-state index contributed by atoms with van der Waals surface area (Å²) in [5.74, 6) is -1.52. The third kappa shape index (κ3) is 5.17. The predicted molar refractivity (Wildman–Crippen MR) is 72.7 cm³/mol. The van der Waals surface area contributed by atoms with E-state index in [2.05, 4.69) is 15.6 Å². The molecule has 1 unspecified atom stereocenters. The summed E-state index contributed by atoms with van der Waals surface area (Å²) in [5.41, 5.74) is 2.32. The van der Waals surface area contributed by atoms with Crippen LogP contribution in [-0.4, -0.2) is 52.0 Å². The molecule has 3 rings (SSSR count). The van der Waals surface area contributed by atoms with Crippen LogP contribution in [0, 0.1) is 5.92 Å². The Balaban J connectivity index is 0.000000236. The molecule has 0 amide bonds. The third-order valence-electron chi connectivity index (χ3n) is 3.63. The van der Waals surface area contributed by atoms with E-state index >= 15 is 0 Å². The first-order valence-electron chi connectivity index (χ1n) is 7.26. The fourth-order valence-electron chi connectivity index (χ4n) is 2.29. The van der Waals surface area contributed by atoms with Gasteiger partial charge in [-0.3, -0.25) is 4.68 Å². The Bertz CT molecular complexity index is 543. The van der Waals surface area contributed by atoms with Crippen molar-refractivity contribution in [3.05, 3.63) is 11.4 Å². The molecule has 2 heterocycles. The van der Waals surface area contributed by atoms with Crippen LogP contribution in [0.3, 0.4) is 0 Å². The summed E-state index contributed by atoms with van der Waals surface area (Å²) in [5, 5.41) is 18.7. The standard InChI is InChI=1S/C11H18N4O.C2HF3O2/c1-15-11-9(7-16-6-8-2-3-8)4-12-5-10(11)13-14-15;3-2(4,5)1(6)7/h8-9,12H,2-7H2,1H3;(H,6,7). The van der Waals surface area contributed by atoms with Gasteiger partial charge >= 0.3 is 12.1 Å². The van der Waals surface area contributed by atoms with Crippen LogP contribution in [0.4, 0.5) is 13.2 Å². The number of aryl methyl sites for hydroxylation is 1. The summed E-state index contributed by atoms with van der Waals surface area (Å²) < 4.78 is 39.4. The summed E-state index contributed by atoms with van der Waals surface area (Å²) in [4.78, 5) is 8.90. The van der Waals surface area contributed by atoms with Gasteiger partial charge in [-0.05, 0) is 18.8 Å². The zero-order chi connectivity index (χ0) is 17.0. The van der Waals surface area contributed by atoms with E-state index in [0.29, 0.717) is 5.92 Å². The van der Waals surface area contributed by atoms with Crippen LogP contribution in [0.1, 0.15) is 30.1 Å². The minimum atomic E-state index is -5.08. The van der Waals surface area contributed by atoms with Crippen molar-refractivity contribution in [2.45, 2.75) is 31.5 Å². The van der Waals surface area contributed by atoms with Crippen LogP contribution >= 0.6 is 0 Å². The molecule has 1 aromatic heterocycles. The van der Waals surface area contributed by atoms with Crippen LogP contribution in [0.2, 0.25) is 0 Å². The van der Waals surface area contributed by atoms with Gasteiger partial charge in [-0.15, -0.1) is 5.10 Å². The molecule has 23 heavy (non-hydrogen) atoms. The maximum Gasteiger partial charge on any atom is 0.490 e. The molecular weight excluding hydrogens is 317 g/mol. The average Bonchev–Trinajstić information content (AvgIpc) is 3.21. The molecule has 0 saturated heterocycles. The van der Waals surface area contributed by atoms with E-state index in [1.165, 1.54) is 18.5 Å². The van der Waals surface area contributed by atoms with Crippen LogP contribution in [0.15, 0.2) is 0 Å². The first-order chi connectivity index (χ1) is 10.8. The lowest BCUT2D eigenvalue weighted by Crippen LogP contribution is -2.32. The number of hydrogen-bond acceptors (Lipinski definition) is 5. The lowest BCUT2D eigenvalue weighted by Gasteiger charge is -2.23. The highest BCUT2D eigenvalue weighted by molar-refractivity contribution is 5.73. The van der Waals surface area contributed by atoms with Gasteiger partial charge in [0.2, 0.25) is 0 Å². The predicted octanol–water partition coefficient (Wildman–Crippen LogP) is 1.06. The number of ether oxygens (including phenoxy) is 1. The number of carboxylic acids is 1. The molecular formula is C13H19F3N4O3. The minimum absolute atomic E-state index is 0.405. The van der Waals surface area contributed by atoms with E-state index < -0.39 is 12.1 Å². The second-order valence-corrected chi connectivity index (χ2v) is 5.66. The number of fused-ring (bicyclic) bond motifs is 1. The Hall–Kier alpha value is -1.68. The topological polar surface area (TPSA) is 89.3 Å². The van der Waals surface area contributed by atoms with Gasteiger partial charge in [-0.1, -0.05) is 5.21 Å². The van der Waals surface area contributed by atoms with Gasteiger partial charge in [0.25, 0.3) is 0 Å². The molecule has 1 aliphatic carbocycles. The number of carboxylic acid groups (broad SMARTS) is 1. The summed E-state index contributed by atoms with van der Waals surface area (Å²) in [7, 11) is 1.96. The highest BCUT2D eigenvalue weighted by Crippen LogP contribution is 2.29. The lowest BCUT2D eigenvalue weighted by molar-refractivity contribution is -0.192. The van der Waals surface area contributed by atoms with E-state index in [1.807, 2.05) is 11.7 Å². The van der Waals surface area contributed by atoms with E-state index in [0.717, 1.165) is 37.9 Å². The van der Waals surface area contributed by atoms with E-state index in [1.54, 1.807) is 0 Å². The number of carbonyl (C=O) groups is 1. The monoisotopic (exact) mass is 336 g/mol. The van der Waals surface area contributed by atoms with Crippen molar-refractivity contribution >= 4 is 5.97 Å². The molecule has 2 N–H and O–H groups in total. The van der Waals surface area contributed by atoms with Crippen molar-refractivity contribution in [1.82, 2.24) is 20.3 Å². The van der Waals surface area contributed by atoms with Crippen molar-refractivity contribution < 1.29 is 27.8 Å². The molecule has 130 valence electrons. The third-order valence-corrected chi connectivity index (χ3v) is 3.63. The van der Waals surface area contributed by atoms with Gasteiger partial charge in [0, 0.05) is 32.7 Å². The number of aliphatic carboxylic acids is 1. The molecule has 1 aliphatic heterocycles. The number of nitrogens with one attached hydrogen (secondary N) is 1. The Labute approximate surface area is 130 Å². The lowest BCUT2D eigenvalue weighted by atomic mass is 10.0. The van der Waals surface area contributed by atoms with Crippen molar-refractivity contribution in [1.29, 1.82) is 0 Å². The SMILES string of the molecule is Cn1nnc2c1C(COCC1CC1)CNC2.O=C(O)C(F)(F)F. The number of rotatable bonds is 4. The van der Waals surface area contributed by atoms with Crippen LogP contribution in [0.25, 0.3) is 0 Å². The molecule has 1 saturated carbocycles. The first kappa shape index (κ1) is 17.7. The first-order valence-corrected chi connectivity index (χ1v) is 7.26. The van der Waals surface area contributed by atoms with Crippen molar-refractivity contribution in [2.75, 3.05) is 19.8 Å². The molecule has 1 aromatic rings. The van der Waals surface area contributed by atoms with Crippen LogP contribution in [0.5, 0.6) is 0 Å². The second kappa shape index (κ2) is 7.26. The van der Waals surface area contributed by atoms with Crippen molar-refractivity contribution in [2.24, 2.45) is 13.0 Å². The van der Waals surface area contributed by atoms with Crippen molar-refractivity contribution in [3.8, 4) is 0 Å². The zero-order valence-corrected chi connectivity index (χ0v) is 12.6. The summed E-state index contributed by atoms with van der Waals surface area (Å²) in [6, 6.07) is 0. The van der Waals surface area contributed by atoms with Gasteiger partial charge in [-0.25, -0.2) is 4.79 Å². The van der Waals surface area contributed by atoms with Crippen LogP contribution < -0.4 is 5.32 Å². The molecule has 2 aliphatic rings. The quantitative estimate of drug-likeness (QED) is 0.855. The van der Waals surface area contributed by atoms with Gasteiger partial charge in [-0.2, -0.15) is 13.2 Å². The van der Waals surface area contributed by atoms with Gasteiger partial charge in [0.15, 0.2) is 0 Å². The molecule has 0 aromatic carbocycles. The molecule has 10 heteroatoms. The molecule has 0 spiro atoms. The maximum absolute atomic E-state index is 10.6. The average molecular weight is 336 g/mol. The summed E-state index contributed by atoms with van der Waals surface area (Å²) in [6.45, 7) is 3.52. The Morgan fingerprint density at radius 1 is 1.43 bits per heavy atom. The number of hydrogen-bond donors (Lipinski definition) is 2. The number of alkyl halides is 3. The Morgan fingerprint density at radius 2 is 2.09 bits per heavy atom. The van der Waals surface area contributed by atoms with Gasteiger partial charge in [0.05, 0.1) is 12.3 Å². The fraction of sp³-hybridized carbons (Fsp3) is 0.769. The highest BCUT2D eigenvalue weighted by Gasteiger charge is 2.38. The van der Waals surface area contributed by atoms with E-state index in [4.69, 9.17) is 14.6 Å². The molecule has 1 fully saturated rings. The number of halogens is 3. The Morgan fingerprint density at radius 3 is 2.65 bits per heavy atom. The molecule has 0 radical (unpaired) electrons. The maximum atomic E-state index is 10.6. The largest absolute Gasteiger partial charge is 0.490 e. The number of nitrogens with zero attached hydrogens (tertiary/aromatic N) is 3. The van der Waals surface area contributed by atoms with Gasteiger partial charge in [0.1, 0.15) is 5.69 Å². The molecule has 7 nitrogen and oxygen atoms in total. The smallest absolute Gasteiger partial charge is 0.475 e. The normalized spacial score (nSPS) is 20.4. The minimum Gasteiger partial charge on any atom is -0.475 e. The molecule has 1 atom stereocenters. The summed E-state index contributed by atoms with van der Waals surface area (Å²) in [6.07, 6.45) is -2.39. The Kier molecular flexibility index (Phi) is 5.58. The van der Waals surface area contributed by atoms with Gasteiger partial charge < -0.3 is 15.2 Å². The van der Waals surface area contributed by atoms with E-state index in [9.17, 15) is 13.2 Å². The fourth-order valence-corrected chi connectivity index (χ4v) is 2.29. The van der Waals surface area contributed by atoms with Crippen molar-refractivity contribution in [3.63, 3.8) is 0 Å². The van der Waals surface area contributed by atoms with E-state index in [-0.39, 0.29) is 0 Å². The zero-order valence-electron chi connectivity index (χ0n) is 12.6. The second-order valence-electron chi connectivity index (χ2n) is 5.66. The summed E-state index contributed by atoms with van der Waals surface area (Å²) >= 11 is 0. The number of aromatic nitrogens is 3.